The number of nitrogens with zero attached hydrogens (tertiary/aromatic N) is 2. The summed E-state index contributed by atoms with van der Waals surface area (Å²) < 4.78 is 13.4. The molecule has 150 valence electrons. The highest BCUT2D eigenvalue weighted by Gasteiger charge is 2.25. The first-order valence-corrected chi connectivity index (χ1v) is 10.7. The van der Waals surface area contributed by atoms with E-state index in [1.54, 1.807) is 12.1 Å². The molecular weight excluding hydrogens is 341 g/mol. The van der Waals surface area contributed by atoms with Gasteiger partial charge >= 0.3 is 0 Å². The van der Waals surface area contributed by atoms with Crippen molar-refractivity contribution in [1.29, 1.82) is 0 Å². The molecule has 5 heteroatoms. The molecule has 1 N–H and O–H groups in total. The van der Waals surface area contributed by atoms with Crippen molar-refractivity contribution in [2.75, 3.05) is 39.3 Å². The van der Waals surface area contributed by atoms with Gasteiger partial charge in [-0.15, -0.1) is 0 Å². The summed E-state index contributed by atoms with van der Waals surface area (Å²) in [6, 6.07) is 6.77. The van der Waals surface area contributed by atoms with Crippen LogP contribution in [0.15, 0.2) is 24.3 Å². The third-order valence-electron chi connectivity index (χ3n) is 5.82. The SMILES string of the molecule is O=C(NCCCN1CCCCCC1)C1CCCN(Cc2cccc(F)c2)C1. The predicted octanol–water partition coefficient (Wildman–Crippen LogP) is 3.42. The van der Waals surface area contributed by atoms with Gasteiger partial charge in [0.25, 0.3) is 0 Å². The number of rotatable bonds is 7. The van der Waals surface area contributed by atoms with Gasteiger partial charge in [-0.1, -0.05) is 25.0 Å². The van der Waals surface area contributed by atoms with E-state index in [4.69, 9.17) is 0 Å². The predicted molar refractivity (Wildman–Crippen MR) is 107 cm³/mol. The molecule has 0 aliphatic carbocycles. The zero-order valence-electron chi connectivity index (χ0n) is 16.5. The number of likely N-dealkylation sites (tertiary alicyclic amines) is 2. The number of hydrogen-bond acceptors (Lipinski definition) is 3. The van der Waals surface area contributed by atoms with Crippen LogP contribution in [0.1, 0.15) is 50.5 Å². The van der Waals surface area contributed by atoms with Crippen molar-refractivity contribution in [3.05, 3.63) is 35.6 Å². The van der Waals surface area contributed by atoms with Crippen molar-refractivity contribution in [2.24, 2.45) is 5.92 Å². The molecule has 0 radical (unpaired) electrons. The topological polar surface area (TPSA) is 35.6 Å². The quantitative estimate of drug-likeness (QED) is 0.742. The van der Waals surface area contributed by atoms with Crippen LogP contribution in [0.5, 0.6) is 0 Å². The monoisotopic (exact) mass is 375 g/mol. The van der Waals surface area contributed by atoms with Crippen LogP contribution in [-0.2, 0) is 11.3 Å². The molecule has 1 unspecified atom stereocenters. The zero-order valence-corrected chi connectivity index (χ0v) is 16.5. The third-order valence-corrected chi connectivity index (χ3v) is 5.82. The van der Waals surface area contributed by atoms with Crippen molar-refractivity contribution in [1.82, 2.24) is 15.1 Å². The summed E-state index contributed by atoms with van der Waals surface area (Å²) in [6.45, 7) is 6.77. The van der Waals surface area contributed by atoms with Gasteiger partial charge in [-0.05, 0) is 76.0 Å². The molecule has 3 rings (SSSR count). The van der Waals surface area contributed by atoms with Gasteiger partial charge in [0.05, 0.1) is 5.92 Å². The fourth-order valence-corrected chi connectivity index (χ4v) is 4.33. The highest BCUT2D eigenvalue weighted by atomic mass is 19.1. The first-order chi connectivity index (χ1) is 13.2. The van der Waals surface area contributed by atoms with E-state index in [0.717, 1.165) is 57.5 Å². The Morgan fingerprint density at radius 1 is 1.07 bits per heavy atom. The molecule has 1 aromatic carbocycles. The second-order valence-electron chi connectivity index (χ2n) is 8.10. The molecule has 0 aromatic heterocycles. The molecular formula is C22H34FN3O. The van der Waals surface area contributed by atoms with Gasteiger partial charge in [-0.3, -0.25) is 9.69 Å². The van der Waals surface area contributed by atoms with Crippen molar-refractivity contribution in [3.63, 3.8) is 0 Å². The number of benzene rings is 1. The first-order valence-electron chi connectivity index (χ1n) is 10.7. The molecule has 2 fully saturated rings. The van der Waals surface area contributed by atoms with Gasteiger partial charge in [-0.2, -0.15) is 0 Å². The smallest absolute Gasteiger partial charge is 0.224 e. The van der Waals surface area contributed by atoms with Crippen LogP contribution < -0.4 is 5.32 Å². The second kappa shape index (κ2) is 10.8. The van der Waals surface area contributed by atoms with E-state index >= 15 is 0 Å². The standard InChI is InChI=1S/C22H34FN3O/c23-21-10-5-8-19(16-21)17-26-14-6-9-20(18-26)22(27)24-11-7-15-25-12-3-1-2-4-13-25/h5,8,10,16,20H,1-4,6-7,9,11-15,17-18H2,(H,24,27). The van der Waals surface area contributed by atoms with Crippen LogP contribution in [0.2, 0.25) is 0 Å². The largest absolute Gasteiger partial charge is 0.356 e. The maximum atomic E-state index is 13.4. The lowest BCUT2D eigenvalue weighted by atomic mass is 9.96. The number of nitrogens with one attached hydrogen (secondary N) is 1. The molecule has 2 aliphatic heterocycles. The second-order valence-corrected chi connectivity index (χ2v) is 8.10. The summed E-state index contributed by atoms with van der Waals surface area (Å²) in [4.78, 5) is 17.4. The molecule has 2 heterocycles. The molecule has 0 saturated carbocycles. The van der Waals surface area contributed by atoms with E-state index < -0.39 is 0 Å². The third kappa shape index (κ3) is 6.89. The van der Waals surface area contributed by atoms with E-state index in [0.29, 0.717) is 0 Å². The number of carbonyl (C=O) groups is 1. The molecule has 4 nitrogen and oxygen atoms in total. The molecule has 27 heavy (non-hydrogen) atoms. The Morgan fingerprint density at radius 2 is 1.85 bits per heavy atom. The van der Waals surface area contributed by atoms with Gasteiger partial charge in [0.2, 0.25) is 5.91 Å². The van der Waals surface area contributed by atoms with Crippen molar-refractivity contribution < 1.29 is 9.18 Å². The normalized spacial score (nSPS) is 22.3. The van der Waals surface area contributed by atoms with E-state index in [2.05, 4.69) is 15.1 Å². The highest BCUT2D eigenvalue weighted by Crippen LogP contribution is 2.19. The minimum Gasteiger partial charge on any atom is -0.356 e. The lowest BCUT2D eigenvalue weighted by Crippen LogP contribution is -2.43. The van der Waals surface area contributed by atoms with Crippen LogP contribution in [0.25, 0.3) is 0 Å². The average molecular weight is 376 g/mol. The Bertz CT molecular complexity index is 587. The van der Waals surface area contributed by atoms with Crippen LogP contribution in [-0.4, -0.2) is 55.0 Å². The zero-order chi connectivity index (χ0) is 18.9. The molecule has 0 spiro atoms. The number of amides is 1. The molecule has 2 aliphatic rings. The Kier molecular flexibility index (Phi) is 8.09. The van der Waals surface area contributed by atoms with E-state index in [9.17, 15) is 9.18 Å². The highest BCUT2D eigenvalue weighted by molar-refractivity contribution is 5.78. The van der Waals surface area contributed by atoms with Crippen LogP contribution in [0.4, 0.5) is 4.39 Å². The fraction of sp³-hybridized carbons (Fsp3) is 0.682. The number of hydrogen-bond donors (Lipinski definition) is 1. The van der Waals surface area contributed by atoms with Crippen LogP contribution in [0, 0.1) is 11.7 Å². The van der Waals surface area contributed by atoms with Crippen molar-refractivity contribution in [3.8, 4) is 0 Å². The summed E-state index contributed by atoms with van der Waals surface area (Å²) >= 11 is 0. The Morgan fingerprint density at radius 3 is 2.63 bits per heavy atom. The van der Waals surface area contributed by atoms with Gasteiger partial charge in [0.15, 0.2) is 0 Å². The van der Waals surface area contributed by atoms with E-state index in [1.165, 1.54) is 44.8 Å². The number of halogens is 1. The summed E-state index contributed by atoms with van der Waals surface area (Å²) in [6.07, 6.45) is 8.37. The van der Waals surface area contributed by atoms with Crippen molar-refractivity contribution in [2.45, 2.75) is 51.5 Å². The molecule has 2 saturated heterocycles. The summed E-state index contributed by atoms with van der Waals surface area (Å²) in [5.74, 6) is 0.0588. The maximum Gasteiger partial charge on any atom is 0.224 e. The number of carbonyl (C=O) groups excluding carboxylic acids is 1. The van der Waals surface area contributed by atoms with Gasteiger partial charge < -0.3 is 10.2 Å². The van der Waals surface area contributed by atoms with Gasteiger partial charge in [-0.25, -0.2) is 4.39 Å². The molecule has 1 amide bonds. The van der Waals surface area contributed by atoms with E-state index in [1.807, 2.05) is 6.07 Å². The Balaban J connectivity index is 1.36. The van der Waals surface area contributed by atoms with Crippen molar-refractivity contribution >= 4 is 5.91 Å². The van der Waals surface area contributed by atoms with Crippen LogP contribution >= 0.6 is 0 Å². The van der Waals surface area contributed by atoms with E-state index in [-0.39, 0.29) is 17.6 Å². The average Bonchev–Trinajstić information content (AvgIpc) is 2.94. The minimum absolute atomic E-state index is 0.0606. The minimum atomic E-state index is -0.191. The summed E-state index contributed by atoms with van der Waals surface area (Å²) in [5.41, 5.74) is 0.980. The lowest BCUT2D eigenvalue weighted by molar-refractivity contribution is -0.126. The maximum absolute atomic E-state index is 13.4. The van der Waals surface area contributed by atoms with Crippen LogP contribution in [0.3, 0.4) is 0 Å². The van der Waals surface area contributed by atoms with Gasteiger partial charge in [0, 0.05) is 19.6 Å². The fourth-order valence-electron chi connectivity index (χ4n) is 4.33. The molecule has 1 aromatic rings. The first kappa shape index (κ1) is 20.3. The molecule has 1 atom stereocenters. The summed E-state index contributed by atoms with van der Waals surface area (Å²) in [5, 5.41) is 3.15. The van der Waals surface area contributed by atoms with Gasteiger partial charge in [0.1, 0.15) is 5.82 Å². The Labute approximate surface area is 163 Å². The Hall–Kier alpha value is -1.46. The number of piperidine rings is 1. The lowest BCUT2D eigenvalue weighted by Gasteiger charge is -2.32. The molecule has 0 bridgehead atoms. The summed E-state index contributed by atoms with van der Waals surface area (Å²) in [7, 11) is 0.